The van der Waals surface area contributed by atoms with Gasteiger partial charge in [-0.05, 0) is 30.4 Å². The lowest BCUT2D eigenvalue weighted by Gasteiger charge is -2.19. The van der Waals surface area contributed by atoms with Gasteiger partial charge in [0, 0.05) is 6.26 Å². The van der Waals surface area contributed by atoms with Gasteiger partial charge in [0.1, 0.15) is 9.84 Å². The minimum atomic E-state index is -3.00. The van der Waals surface area contributed by atoms with Gasteiger partial charge in [0.25, 0.3) is 0 Å². The first-order valence-corrected chi connectivity index (χ1v) is 7.66. The normalized spacial score (nSPS) is 17.4. The molecular weight excluding hydrogens is 234 g/mol. The van der Waals surface area contributed by atoms with Crippen LogP contribution in [-0.4, -0.2) is 20.4 Å². The average molecular weight is 249 g/mol. The van der Waals surface area contributed by atoms with Crippen LogP contribution in [0.3, 0.4) is 0 Å². The van der Waals surface area contributed by atoms with E-state index in [1.54, 1.807) is 0 Å². The van der Waals surface area contributed by atoms with Crippen LogP contribution in [0.15, 0.2) is 24.3 Å². The van der Waals surface area contributed by atoms with Crippen LogP contribution in [0.25, 0.3) is 0 Å². The van der Waals surface area contributed by atoms with Crippen LogP contribution >= 0.6 is 0 Å². The number of hydrogen-bond donors (Lipinski definition) is 0. The van der Waals surface area contributed by atoms with Crippen LogP contribution in [0, 0.1) is 16.7 Å². The van der Waals surface area contributed by atoms with Gasteiger partial charge in [-0.25, -0.2) is 8.42 Å². The maximum absolute atomic E-state index is 11.2. The summed E-state index contributed by atoms with van der Waals surface area (Å²) in [7, 11) is -3.00. The first kappa shape index (κ1) is 12.1. The second-order valence-corrected chi connectivity index (χ2v) is 7.15. The molecule has 0 heterocycles. The first-order chi connectivity index (χ1) is 7.94. The summed E-state index contributed by atoms with van der Waals surface area (Å²) in [5.41, 5.74) is 1.84. The fraction of sp³-hybridized carbons (Fsp3) is 0.462. The molecule has 2 rings (SSSR count). The second kappa shape index (κ2) is 4.15. The number of hydrogen-bond acceptors (Lipinski definition) is 3. The zero-order valence-corrected chi connectivity index (χ0v) is 10.6. The predicted octanol–water partition coefficient (Wildman–Crippen LogP) is 1.73. The van der Waals surface area contributed by atoms with Crippen molar-refractivity contribution in [1.29, 1.82) is 5.26 Å². The van der Waals surface area contributed by atoms with Gasteiger partial charge in [0.15, 0.2) is 0 Å². The Kier molecular flexibility index (Phi) is 2.96. The van der Waals surface area contributed by atoms with E-state index >= 15 is 0 Å². The topological polar surface area (TPSA) is 57.9 Å². The predicted molar refractivity (Wildman–Crippen MR) is 66.2 cm³/mol. The third-order valence-electron chi connectivity index (χ3n) is 3.36. The lowest BCUT2D eigenvalue weighted by molar-refractivity contribution is 0.405. The Morgan fingerprint density at radius 1 is 1.29 bits per heavy atom. The molecule has 1 aliphatic rings. The Hall–Kier alpha value is -1.34. The number of benzene rings is 1. The largest absolute Gasteiger partial charge is 0.229 e. The molecule has 1 aromatic rings. The fourth-order valence-electron chi connectivity index (χ4n) is 2.39. The maximum atomic E-state index is 11.2. The minimum Gasteiger partial charge on any atom is -0.229 e. The Morgan fingerprint density at radius 3 is 2.24 bits per heavy atom. The highest BCUT2D eigenvalue weighted by Gasteiger charge is 2.37. The third-order valence-corrected chi connectivity index (χ3v) is 4.31. The van der Waals surface area contributed by atoms with E-state index in [0.717, 1.165) is 0 Å². The molecule has 0 aliphatic heterocycles. The smallest absolute Gasteiger partial charge is 0.147 e. The van der Waals surface area contributed by atoms with Crippen LogP contribution < -0.4 is 0 Å². The molecule has 1 aromatic carbocycles. The number of sulfone groups is 1. The molecule has 0 saturated carbocycles. The van der Waals surface area contributed by atoms with Gasteiger partial charge in [0.2, 0.25) is 0 Å². The number of nitriles is 1. The summed E-state index contributed by atoms with van der Waals surface area (Å²) in [6.45, 7) is 0. The van der Waals surface area contributed by atoms with Gasteiger partial charge < -0.3 is 0 Å². The lowest BCUT2D eigenvalue weighted by atomic mass is 9.84. The van der Waals surface area contributed by atoms with E-state index in [0.29, 0.717) is 19.3 Å². The highest BCUT2D eigenvalue weighted by molar-refractivity contribution is 7.90. The van der Waals surface area contributed by atoms with Crippen LogP contribution in [0.4, 0.5) is 0 Å². The maximum Gasteiger partial charge on any atom is 0.147 e. The molecule has 0 bridgehead atoms. The van der Waals surface area contributed by atoms with Crippen molar-refractivity contribution < 1.29 is 8.42 Å². The Bertz CT molecular complexity index is 544. The van der Waals surface area contributed by atoms with Gasteiger partial charge in [-0.3, -0.25) is 0 Å². The molecule has 4 heteroatoms. The Balaban J connectivity index is 2.19. The van der Waals surface area contributed by atoms with E-state index in [-0.39, 0.29) is 5.75 Å². The number of fused-ring (bicyclic) bond motifs is 1. The third kappa shape index (κ3) is 2.67. The van der Waals surface area contributed by atoms with E-state index in [9.17, 15) is 13.7 Å². The molecule has 17 heavy (non-hydrogen) atoms. The van der Waals surface area contributed by atoms with Gasteiger partial charge in [-0.15, -0.1) is 0 Å². The van der Waals surface area contributed by atoms with Crippen LogP contribution in [0.5, 0.6) is 0 Å². The second-order valence-electron chi connectivity index (χ2n) is 4.89. The highest BCUT2D eigenvalue weighted by atomic mass is 32.2. The van der Waals surface area contributed by atoms with Crippen molar-refractivity contribution in [1.82, 2.24) is 0 Å². The summed E-state index contributed by atoms with van der Waals surface area (Å²) >= 11 is 0. The molecule has 0 radical (unpaired) electrons. The summed E-state index contributed by atoms with van der Waals surface area (Å²) in [5.74, 6) is 0.0918. The number of rotatable bonds is 3. The number of nitrogens with zero attached hydrogens (tertiary/aromatic N) is 1. The molecular formula is C13H15NO2S. The molecule has 0 aromatic heterocycles. The van der Waals surface area contributed by atoms with Gasteiger partial charge >= 0.3 is 0 Å². The fourth-order valence-corrected chi connectivity index (χ4v) is 3.15. The molecule has 1 aliphatic carbocycles. The summed E-state index contributed by atoms with van der Waals surface area (Å²) in [4.78, 5) is 0. The monoisotopic (exact) mass is 249 g/mol. The Labute approximate surface area is 102 Å². The van der Waals surface area contributed by atoms with Gasteiger partial charge in [-0.1, -0.05) is 24.3 Å². The SMILES string of the molecule is CS(=O)(=O)CCC1(C#N)Cc2ccccc2C1. The summed E-state index contributed by atoms with van der Waals surface area (Å²) < 4.78 is 22.4. The zero-order valence-electron chi connectivity index (χ0n) is 9.81. The highest BCUT2D eigenvalue weighted by Crippen LogP contribution is 2.39. The van der Waals surface area contributed by atoms with Crippen molar-refractivity contribution in [3.8, 4) is 6.07 Å². The molecule has 0 unspecified atom stereocenters. The average Bonchev–Trinajstić information content (AvgIpc) is 2.65. The van der Waals surface area contributed by atoms with E-state index in [2.05, 4.69) is 6.07 Å². The van der Waals surface area contributed by atoms with Crippen LogP contribution in [0.1, 0.15) is 17.5 Å². The van der Waals surface area contributed by atoms with Gasteiger partial charge in [0.05, 0.1) is 17.2 Å². The van der Waals surface area contributed by atoms with Crippen molar-refractivity contribution in [3.05, 3.63) is 35.4 Å². The van der Waals surface area contributed by atoms with Crippen molar-refractivity contribution in [2.45, 2.75) is 19.3 Å². The van der Waals surface area contributed by atoms with Crippen molar-refractivity contribution in [2.24, 2.45) is 5.41 Å². The molecule has 0 fully saturated rings. The summed E-state index contributed by atoms with van der Waals surface area (Å²) in [6, 6.07) is 10.3. The standard InChI is InChI=1S/C13H15NO2S/c1-17(15,16)7-6-13(10-14)8-11-4-2-3-5-12(11)9-13/h2-5H,6-9H2,1H3. The van der Waals surface area contributed by atoms with E-state index < -0.39 is 15.3 Å². The molecule has 0 atom stereocenters. The van der Waals surface area contributed by atoms with Crippen LogP contribution in [-0.2, 0) is 22.7 Å². The first-order valence-electron chi connectivity index (χ1n) is 5.60. The summed E-state index contributed by atoms with van der Waals surface area (Å²) in [5, 5.41) is 9.34. The van der Waals surface area contributed by atoms with Crippen LogP contribution in [0.2, 0.25) is 0 Å². The summed E-state index contributed by atoms with van der Waals surface area (Å²) in [6.07, 6.45) is 3.00. The van der Waals surface area contributed by atoms with Crippen molar-refractivity contribution in [2.75, 3.05) is 12.0 Å². The lowest BCUT2D eigenvalue weighted by Crippen LogP contribution is -2.23. The zero-order chi connectivity index (χ0) is 12.5. The Morgan fingerprint density at radius 2 is 1.82 bits per heavy atom. The molecule has 3 nitrogen and oxygen atoms in total. The van der Waals surface area contributed by atoms with Crippen molar-refractivity contribution >= 4 is 9.84 Å². The van der Waals surface area contributed by atoms with Crippen molar-refractivity contribution in [3.63, 3.8) is 0 Å². The minimum absolute atomic E-state index is 0.0918. The molecule has 0 amide bonds. The molecule has 0 N–H and O–H groups in total. The van der Waals surface area contributed by atoms with E-state index in [4.69, 9.17) is 0 Å². The quantitative estimate of drug-likeness (QED) is 0.819. The molecule has 90 valence electrons. The van der Waals surface area contributed by atoms with E-state index in [1.807, 2.05) is 24.3 Å². The molecule has 0 saturated heterocycles. The van der Waals surface area contributed by atoms with E-state index in [1.165, 1.54) is 17.4 Å². The van der Waals surface area contributed by atoms with Gasteiger partial charge in [-0.2, -0.15) is 5.26 Å². The molecule has 0 spiro atoms.